The Morgan fingerprint density at radius 3 is 2.53 bits per heavy atom. The Balaban J connectivity index is 2.17. The summed E-state index contributed by atoms with van der Waals surface area (Å²) >= 11 is 0. The Kier molecular flexibility index (Phi) is 2.95. The lowest BCUT2D eigenvalue weighted by Gasteiger charge is -2.22. The van der Waals surface area contributed by atoms with Gasteiger partial charge in [-0.25, -0.2) is 0 Å². The minimum Gasteiger partial charge on any atom is -0.0837 e. The molecule has 0 saturated heterocycles. The van der Waals surface area contributed by atoms with Crippen molar-refractivity contribution in [2.75, 3.05) is 0 Å². The maximum Gasteiger partial charge on any atom is 0.00553 e. The summed E-state index contributed by atoms with van der Waals surface area (Å²) in [4.78, 5) is 0. The van der Waals surface area contributed by atoms with E-state index in [4.69, 9.17) is 0 Å². The van der Waals surface area contributed by atoms with Gasteiger partial charge in [0.05, 0.1) is 0 Å². The Morgan fingerprint density at radius 1 is 1.07 bits per heavy atom. The summed E-state index contributed by atoms with van der Waals surface area (Å²) in [5, 5.41) is 0. The Labute approximate surface area is 93.1 Å². The van der Waals surface area contributed by atoms with Crippen molar-refractivity contribution in [2.24, 2.45) is 11.8 Å². The summed E-state index contributed by atoms with van der Waals surface area (Å²) < 4.78 is 0. The third-order valence-electron chi connectivity index (χ3n) is 3.47. The fourth-order valence-corrected chi connectivity index (χ4v) is 2.32. The van der Waals surface area contributed by atoms with E-state index < -0.39 is 0 Å². The number of allylic oxidation sites excluding steroid dienone is 8. The largest absolute Gasteiger partial charge is 0.0837 e. The summed E-state index contributed by atoms with van der Waals surface area (Å²) in [7, 11) is 0. The van der Waals surface area contributed by atoms with Gasteiger partial charge in [-0.2, -0.15) is 0 Å². The molecule has 0 nitrogen and oxygen atoms in total. The van der Waals surface area contributed by atoms with Crippen LogP contribution in [0.25, 0.3) is 0 Å². The summed E-state index contributed by atoms with van der Waals surface area (Å²) in [5.74, 6) is 1.33. The fourth-order valence-electron chi connectivity index (χ4n) is 2.32. The molecule has 0 heteroatoms. The normalized spacial score (nSPS) is 30.7. The first kappa shape index (κ1) is 10.5. The zero-order chi connectivity index (χ0) is 10.8. The molecule has 2 atom stereocenters. The monoisotopic (exact) mass is 200 g/mol. The molecular weight excluding hydrogens is 180 g/mol. The molecular formula is C15H20. The molecule has 15 heavy (non-hydrogen) atoms. The second-order valence-electron chi connectivity index (χ2n) is 4.86. The van der Waals surface area contributed by atoms with Gasteiger partial charge in [0.1, 0.15) is 0 Å². The zero-order valence-electron chi connectivity index (χ0n) is 9.96. The van der Waals surface area contributed by atoms with Crippen LogP contribution in [-0.4, -0.2) is 0 Å². The third kappa shape index (κ3) is 2.31. The van der Waals surface area contributed by atoms with Crippen LogP contribution >= 0.6 is 0 Å². The fraction of sp³-hybridized carbons (Fsp3) is 0.467. The topological polar surface area (TPSA) is 0 Å². The van der Waals surface area contributed by atoms with Crippen molar-refractivity contribution in [3.63, 3.8) is 0 Å². The predicted molar refractivity (Wildman–Crippen MR) is 66.6 cm³/mol. The summed E-state index contributed by atoms with van der Waals surface area (Å²) in [6.45, 7) is 6.72. The maximum absolute atomic E-state index is 2.43. The average Bonchev–Trinajstić information content (AvgIpc) is 2.22. The van der Waals surface area contributed by atoms with E-state index in [0.717, 1.165) is 0 Å². The van der Waals surface area contributed by atoms with Crippen molar-refractivity contribution in [1.29, 1.82) is 0 Å². The van der Waals surface area contributed by atoms with Crippen LogP contribution in [0, 0.1) is 11.8 Å². The highest BCUT2D eigenvalue weighted by molar-refractivity contribution is 5.38. The molecule has 0 amide bonds. The van der Waals surface area contributed by atoms with Crippen molar-refractivity contribution in [2.45, 2.75) is 33.6 Å². The molecule has 2 unspecified atom stereocenters. The zero-order valence-corrected chi connectivity index (χ0v) is 9.96. The lowest BCUT2D eigenvalue weighted by Crippen LogP contribution is -2.07. The summed E-state index contributed by atoms with van der Waals surface area (Å²) in [6, 6.07) is 0. The number of rotatable bonds is 1. The van der Waals surface area contributed by atoms with Crippen LogP contribution in [-0.2, 0) is 0 Å². The Morgan fingerprint density at radius 2 is 1.87 bits per heavy atom. The van der Waals surface area contributed by atoms with Crippen molar-refractivity contribution in [1.82, 2.24) is 0 Å². The van der Waals surface area contributed by atoms with E-state index in [2.05, 4.69) is 51.2 Å². The van der Waals surface area contributed by atoms with E-state index in [-0.39, 0.29) is 0 Å². The van der Waals surface area contributed by atoms with Gasteiger partial charge in [0, 0.05) is 5.92 Å². The first-order valence-corrected chi connectivity index (χ1v) is 5.90. The second-order valence-corrected chi connectivity index (χ2v) is 4.86. The van der Waals surface area contributed by atoms with Crippen LogP contribution in [0.1, 0.15) is 33.6 Å². The highest BCUT2D eigenvalue weighted by Gasteiger charge is 2.15. The molecule has 0 aromatic rings. The van der Waals surface area contributed by atoms with E-state index in [1.807, 2.05) is 0 Å². The minimum absolute atomic E-state index is 0.618. The van der Waals surface area contributed by atoms with Crippen molar-refractivity contribution >= 4 is 0 Å². The van der Waals surface area contributed by atoms with Crippen molar-refractivity contribution < 1.29 is 0 Å². The lowest BCUT2D eigenvalue weighted by molar-refractivity contribution is 0.687. The first-order chi connectivity index (χ1) is 7.16. The van der Waals surface area contributed by atoms with Crippen LogP contribution in [0.3, 0.4) is 0 Å². The van der Waals surface area contributed by atoms with E-state index in [9.17, 15) is 0 Å². The van der Waals surface area contributed by atoms with Crippen LogP contribution < -0.4 is 0 Å². The molecule has 0 fully saturated rings. The standard InChI is InChI=1S/C15H20/c1-11-5-4-6-14(9-11)15-8-7-12(2)13(3)10-15/h4,6-7,9-11,15H,5,8H2,1-3H3. The van der Waals surface area contributed by atoms with Gasteiger partial charge in [0.25, 0.3) is 0 Å². The second kappa shape index (κ2) is 4.22. The molecule has 0 heterocycles. The van der Waals surface area contributed by atoms with Gasteiger partial charge in [-0.05, 0) is 38.2 Å². The van der Waals surface area contributed by atoms with Gasteiger partial charge in [-0.15, -0.1) is 0 Å². The minimum atomic E-state index is 0.618. The quantitative estimate of drug-likeness (QED) is 0.587. The smallest absolute Gasteiger partial charge is 0.00553 e. The molecule has 0 radical (unpaired) electrons. The highest BCUT2D eigenvalue weighted by Crippen LogP contribution is 2.31. The van der Waals surface area contributed by atoms with Crippen LogP contribution in [0.5, 0.6) is 0 Å². The van der Waals surface area contributed by atoms with Gasteiger partial charge in [0.2, 0.25) is 0 Å². The third-order valence-corrected chi connectivity index (χ3v) is 3.47. The van der Waals surface area contributed by atoms with E-state index in [0.29, 0.717) is 11.8 Å². The number of hydrogen-bond acceptors (Lipinski definition) is 0. The molecule has 2 aliphatic carbocycles. The molecule has 0 aromatic carbocycles. The molecule has 2 aliphatic rings. The lowest BCUT2D eigenvalue weighted by atomic mass is 9.83. The molecule has 0 N–H and O–H groups in total. The SMILES string of the molecule is CC1=CCC(C2=CC(C)CC=C2)C=C1C. The van der Waals surface area contributed by atoms with Crippen LogP contribution in [0.2, 0.25) is 0 Å². The average molecular weight is 200 g/mol. The molecule has 0 aliphatic heterocycles. The van der Waals surface area contributed by atoms with Gasteiger partial charge in [-0.1, -0.05) is 48.5 Å². The van der Waals surface area contributed by atoms with Gasteiger partial charge in [0.15, 0.2) is 0 Å². The van der Waals surface area contributed by atoms with Gasteiger partial charge < -0.3 is 0 Å². The molecule has 2 rings (SSSR count). The van der Waals surface area contributed by atoms with E-state index in [1.165, 1.54) is 29.6 Å². The first-order valence-electron chi connectivity index (χ1n) is 5.90. The van der Waals surface area contributed by atoms with Crippen molar-refractivity contribution in [3.8, 4) is 0 Å². The van der Waals surface area contributed by atoms with E-state index >= 15 is 0 Å². The Hall–Kier alpha value is -1.04. The van der Waals surface area contributed by atoms with Gasteiger partial charge >= 0.3 is 0 Å². The highest BCUT2D eigenvalue weighted by atomic mass is 14.2. The summed E-state index contributed by atoms with van der Waals surface area (Å²) in [6.07, 6.45) is 14.2. The molecule has 0 aromatic heterocycles. The van der Waals surface area contributed by atoms with E-state index in [1.54, 1.807) is 0 Å². The number of hydrogen-bond donors (Lipinski definition) is 0. The van der Waals surface area contributed by atoms with Crippen molar-refractivity contribution in [3.05, 3.63) is 47.1 Å². The van der Waals surface area contributed by atoms with Crippen LogP contribution in [0.4, 0.5) is 0 Å². The maximum atomic E-state index is 2.43. The molecule has 0 spiro atoms. The predicted octanol–water partition coefficient (Wildman–Crippen LogP) is 4.42. The molecule has 0 saturated carbocycles. The molecule has 80 valence electrons. The van der Waals surface area contributed by atoms with Gasteiger partial charge in [-0.3, -0.25) is 0 Å². The van der Waals surface area contributed by atoms with Crippen LogP contribution in [0.15, 0.2) is 47.1 Å². The molecule has 0 bridgehead atoms. The Bertz CT molecular complexity index is 363. The summed E-state index contributed by atoms with van der Waals surface area (Å²) in [5.41, 5.74) is 4.40.